The fourth-order valence-corrected chi connectivity index (χ4v) is 4.35. The molecular formula is C12H23NO4S. The Morgan fingerprint density at radius 2 is 2.00 bits per heavy atom. The van der Waals surface area contributed by atoms with Crippen LogP contribution in [0.4, 0.5) is 0 Å². The number of rotatable bonds is 5. The molecule has 0 aromatic rings. The lowest BCUT2D eigenvalue weighted by atomic mass is 10.0. The van der Waals surface area contributed by atoms with Crippen molar-refractivity contribution in [2.75, 3.05) is 18.8 Å². The molecule has 0 bridgehead atoms. The minimum absolute atomic E-state index is 0.123. The molecular weight excluding hydrogens is 254 g/mol. The summed E-state index contributed by atoms with van der Waals surface area (Å²) in [5.41, 5.74) is -0.252. The molecule has 6 heteroatoms. The minimum atomic E-state index is -3.20. The summed E-state index contributed by atoms with van der Waals surface area (Å²) >= 11 is 0. The second kappa shape index (κ2) is 5.57. The van der Waals surface area contributed by atoms with Gasteiger partial charge in [0.15, 0.2) is 0 Å². The fourth-order valence-electron chi connectivity index (χ4n) is 2.25. The predicted octanol–water partition coefficient (Wildman–Crippen LogP) is 1.55. The maximum absolute atomic E-state index is 12.1. The third-order valence-electron chi connectivity index (χ3n) is 3.02. The lowest BCUT2D eigenvalue weighted by Gasteiger charge is -2.23. The molecule has 1 fully saturated rings. The van der Waals surface area contributed by atoms with E-state index in [0.29, 0.717) is 19.5 Å². The van der Waals surface area contributed by atoms with Crippen molar-refractivity contribution < 1.29 is 18.3 Å². The van der Waals surface area contributed by atoms with Crippen molar-refractivity contribution in [1.82, 2.24) is 4.31 Å². The first-order valence-electron chi connectivity index (χ1n) is 6.30. The SMILES string of the molecule is CC(C)(C)CS(=O)(=O)N1CCC(CCC(=O)O)C1. The van der Waals surface area contributed by atoms with Crippen molar-refractivity contribution in [2.45, 2.75) is 40.0 Å². The molecule has 0 amide bonds. The van der Waals surface area contributed by atoms with Crippen LogP contribution in [0, 0.1) is 11.3 Å². The van der Waals surface area contributed by atoms with E-state index in [2.05, 4.69) is 0 Å². The van der Waals surface area contributed by atoms with Gasteiger partial charge in [-0.25, -0.2) is 12.7 Å². The number of carboxylic acid groups (broad SMARTS) is 1. The zero-order chi connectivity index (χ0) is 14.0. The highest BCUT2D eigenvalue weighted by Crippen LogP contribution is 2.26. The summed E-state index contributed by atoms with van der Waals surface area (Å²) in [4.78, 5) is 10.5. The van der Waals surface area contributed by atoms with Crippen LogP contribution < -0.4 is 0 Å². The van der Waals surface area contributed by atoms with Gasteiger partial charge in [0.25, 0.3) is 0 Å². The summed E-state index contributed by atoms with van der Waals surface area (Å²) in [6.45, 7) is 6.72. The number of aliphatic carboxylic acids is 1. The first-order valence-corrected chi connectivity index (χ1v) is 7.91. The standard InChI is InChI=1S/C12H23NO4S/c1-12(2,3)9-18(16,17)13-7-6-10(8-13)4-5-11(14)15/h10H,4-9H2,1-3H3,(H,14,15). The summed E-state index contributed by atoms with van der Waals surface area (Å²) in [6.07, 6.45) is 1.46. The molecule has 0 aromatic carbocycles. The predicted molar refractivity (Wildman–Crippen MR) is 69.8 cm³/mol. The van der Waals surface area contributed by atoms with Crippen molar-refractivity contribution in [1.29, 1.82) is 0 Å². The van der Waals surface area contributed by atoms with E-state index >= 15 is 0 Å². The van der Waals surface area contributed by atoms with Gasteiger partial charge in [0.2, 0.25) is 10.0 Å². The van der Waals surface area contributed by atoms with Crippen LogP contribution in [0.5, 0.6) is 0 Å². The number of nitrogens with zero attached hydrogens (tertiary/aromatic N) is 1. The third kappa shape index (κ3) is 4.94. The first kappa shape index (κ1) is 15.4. The van der Waals surface area contributed by atoms with Crippen molar-refractivity contribution in [3.63, 3.8) is 0 Å². The maximum Gasteiger partial charge on any atom is 0.303 e. The van der Waals surface area contributed by atoms with Crippen molar-refractivity contribution >= 4 is 16.0 Å². The van der Waals surface area contributed by atoms with E-state index in [4.69, 9.17) is 5.11 Å². The van der Waals surface area contributed by atoms with Crippen LogP contribution in [0.25, 0.3) is 0 Å². The summed E-state index contributed by atoms with van der Waals surface area (Å²) < 4.78 is 25.8. The molecule has 1 aliphatic rings. The third-order valence-corrected chi connectivity index (χ3v) is 5.37. The van der Waals surface area contributed by atoms with Crippen molar-refractivity contribution in [3.8, 4) is 0 Å². The number of carboxylic acids is 1. The largest absolute Gasteiger partial charge is 0.481 e. The average Bonchev–Trinajstić information content (AvgIpc) is 2.59. The Morgan fingerprint density at radius 1 is 1.39 bits per heavy atom. The number of hydrogen-bond donors (Lipinski definition) is 1. The van der Waals surface area contributed by atoms with Crippen LogP contribution in [0.2, 0.25) is 0 Å². The van der Waals surface area contributed by atoms with E-state index in [0.717, 1.165) is 6.42 Å². The van der Waals surface area contributed by atoms with E-state index < -0.39 is 16.0 Å². The van der Waals surface area contributed by atoms with Crippen LogP contribution in [-0.4, -0.2) is 42.6 Å². The molecule has 5 nitrogen and oxygen atoms in total. The Kier molecular flexibility index (Phi) is 4.78. The van der Waals surface area contributed by atoms with Crippen molar-refractivity contribution in [3.05, 3.63) is 0 Å². The van der Waals surface area contributed by atoms with Crippen LogP contribution in [0.15, 0.2) is 0 Å². The molecule has 106 valence electrons. The topological polar surface area (TPSA) is 74.7 Å². The molecule has 1 unspecified atom stereocenters. The Bertz CT molecular complexity index is 397. The second-order valence-electron chi connectivity index (χ2n) is 6.26. The van der Waals surface area contributed by atoms with Gasteiger partial charge in [-0.05, 0) is 24.2 Å². The number of hydrogen-bond acceptors (Lipinski definition) is 3. The van der Waals surface area contributed by atoms with E-state index in [9.17, 15) is 13.2 Å². The van der Waals surface area contributed by atoms with Gasteiger partial charge in [-0.3, -0.25) is 4.79 Å². The zero-order valence-corrected chi connectivity index (χ0v) is 12.2. The van der Waals surface area contributed by atoms with Gasteiger partial charge in [0.1, 0.15) is 0 Å². The van der Waals surface area contributed by atoms with Crippen LogP contribution in [0.1, 0.15) is 40.0 Å². The Morgan fingerprint density at radius 3 is 2.50 bits per heavy atom. The zero-order valence-electron chi connectivity index (χ0n) is 11.3. The number of sulfonamides is 1. The molecule has 0 aliphatic carbocycles. The summed E-state index contributed by atoms with van der Waals surface area (Å²) in [7, 11) is -3.20. The van der Waals surface area contributed by atoms with Crippen LogP contribution >= 0.6 is 0 Å². The molecule has 1 atom stereocenters. The molecule has 0 spiro atoms. The van der Waals surface area contributed by atoms with Gasteiger partial charge in [-0.15, -0.1) is 0 Å². The fraction of sp³-hybridized carbons (Fsp3) is 0.917. The second-order valence-corrected chi connectivity index (χ2v) is 8.23. The van der Waals surface area contributed by atoms with E-state index in [1.807, 2.05) is 20.8 Å². The molecule has 0 saturated carbocycles. The minimum Gasteiger partial charge on any atom is -0.481 e. The summed E-state index contributed by atoms with van der Waals surface area (Å²) in [5.74, 6) is -0.479. The quantitative estimate of drug-likeness (QED) is 0.827. The lowest BCUT2D eigenvalue weighted by molar-refractivity contribution is -0.137. The van der Waals surface area contributed by atoms with Gasteiger partial charge < -0.3 is 5.11 Å². The highest BCUT2D eigenvalue weighted by molar-refractivity contribution is 7.89. The lowest BCUT2D eigenvalue weighted by Crippen LogP contribution is -2.35. The molecule has 1 saturated heterocycles. The molecule has 0 aromatic heterocycles. The van der Waals surface area contributed by atoms with E-state index in [-0.39, 0.29) is 23.5 Å². The Balaban J connectivity index is 2.53. The summed E-state index contributed by atoms with van der Waals surface area (Å²) in [6, 6.07) is 0. The first-order chi connectivity index (χ1) is 8.10. The highest BCUT2D eigenvalue weighted by atomic mass is 32.2. The average molecular weight is 277 g/mol. The van der Waals surface area contributed by atoms with Gasteiger partial charge in [-0.2, -0.15) is 0 Å². The molecule has 1 N–H and O–H groups in total. The van der Waals surface area contributed by atoms with Crippen LogP contribution in [0.3, 0.4) is 0 Å². The van der Waals surface area contributed by atoms with Gasteiger partial charge in [-0.1, -0.05) is 20.8 Å². The smallest absolute Gasteiger partial charge is 0.303 e. The van der Waals surface area contributed by atoms with Crippen molar-refractivity contribution in [2.24, 2.45) is 11.3 Å². The molecule has 1 aliphatic heterocycles. The highest BCUT2D eigenvalue weighted by Gasteiger charge is 2.33. The number of carbonyl (C=O) groups is 1. The van der Waals surface area contributed by atoms with E-state index in [1.54, 1.807) is 0 Å². The van der Waals surface area contributed by atoms with Gasteiger partial charge >= 0.3 is 5.97 Å². The van der Waals surface area contributed by atoms with Crippen LogP contribution in [-0.2, 0) is 14.8 Å². The molecule has 1 rings (SSSR count). The molecule has 0 radical (unpaired) electrons. The monoisotopic (exact) mass is 277 g/mol. The maximum atomic E-state index is 12.1. The molecule has 1 heterocycles. The normalized spacial score (nSPS) is 22.3. The molecule has 18 heavy (non-hydrogen) atoms. The summed E-state index contributed by atoms with van der Waals surface area (Å²) in [5, 5.41) is 8.62. The Labute approximate surface area is 109 Å². The van der Waals surface area contributed by atoms with E-state index in [1.165, 1.54) is 4.31 Å². The van der Waals surface area contributed by atoms with Gasteiger partial charge in [0, 0.05) is 19.5 Å². The van der Waals surface area contributed by atoms with Gasteiger partial charge in [0.05, 0.1) is 5.75 Å². The Hall–Kier alpha value is -0.620.